The third-order valence-electron chi connectivity index (χ3n) is 5.88. The lowest BCUT2D eigenvalue weighted by Gasteiger charge is -2.43. The Morgan fingerprint density at radius 1 is 1.24 bits per heavy atom. The normalized spacial score (nSPS) is 40.4. The van der Waals surface area contributed by atoms with Gasteiger partial charge in [-0.1, -0.05) is 36.4 Å². The molecule has 2 bridgehead atoms. The van der Waals surface area contributed by atoms with Crippen molar-refractivity contribution in [1.82, 2.24) is 5.32 Å². The molecule has 3 heterocycles. The Labute approximate surface area is 177 Å². The molecule has 3 aliphatic rings. The number of fused-ring (bicyclic) bond motifs is 2. The van der Waals surface area contributed by atoms with Gasteiger partial charge in [0.2, 0.25) is 0 Å². The van der Waals surface area contributed by atoms with Crippen LogP contribution in [-0.4, -0.2) is 46.1 Å². The molecule has 5 atom stereocenters. The van der Waals surface area contributed by atoms with Gasteiger partial charge in [0.1, 0.15) is 6.10 Å². The van der Waals surface area contributed by atoms with E-state index in [4.69, 9.17) is 9.47 Å². The summed E-state index contributed by atoms with van der Waals surface area (Å²) in [6.07, 6.45) is 11.9. The third-order valence-corrected chi connectivity index (χ3v) is 6.76. The Kier molecular flexibility index (Phi) is 7.82. The highest BCUT2D eigenvalue weighted by Crippen LogP contribution is 2.37. The van der Waals surface area contributed by atoms with E-state index >= 15 is 0 Å². The average molecular weight is 424 g/mol. The minimum absolute atomic E-state index is 0.158. The molecular formula is C22H33NO5S. The molecule has 2 N–H and O–H groups in total. The number of amides is 1. The highest BCUT2D eigenvalue weighted by atomic mass is 32.2. The van der Waals surface area contributed by atoms with Gasteiger partial charge in [0.05, 0.1) is 12.1 Å². The van der Waals surface area contributed by atoms with Crippen LogP contribution >= 0.6 is 11.8 Å². The van der Waals surface area contributed by atoms with Crippen molar-refractivity contribution in [2.24, 2.45) is 5.92 Å². The molecule has 3 aliphatic heterocycles. The highest BCUT2D eigenvalue weighted by molar-refractivity contribution is 8.14. The summed E-state index contributed by atoms with van der Waals surface area (Å²) in [4.78, 5) is 24.1. The van der Waals surface area contributed by atoms with Crippen LogP contribution in [0.1, 0.15) is 65.2 Å². The monoisotopic (exact) mass is 423 g/mol. The molecule has 2 saturated heterocycles. The van der Waals surface area contributed by atoms with Crippen LogP contribution in [0.15, 0.2) is 23.8 Å². The maximum Gasteiger partial charge on any atom is 0.330 e. The number of esters is 1. The number of thioether (sulfide) groups is 1. The zero-order valence-electron chi connectivity index (χ0n) is 17.4. The van der Waals surface area contributed by atoms with Crippen molar-refractivity contribution in [3.8, 4) is 0 Å². The number of carbonyl (C=O) groups excluding carboxylic acids is 2. The number of nitrogens with one attached hydrogen (secondary N) is 1. The molecule has 3 rings (SSSR count). The van der Waals surface area contributed by atoms with E-state index in [2.05, 4.69) is 24.4 Å². The van der Waals surface area contributed by atoms with Gasteiger partial charge in [0.25, 0.3) is 5.24 Å². The van der Waals surface area contributed by atoms with Gasteiger partial charge in [-0.2, -0.15) is 0 Å². The van der Waals surface area contributed by atoms with Crippen molar-refractivity contribution in [2.45, 2.75) is 89.3 Å². The zero-order valence-corrected chi connectivity index (χ0v) is 18.2. The molecule has 1 amide bonds. The van der Waals surface area contributed by atoms with Crippen molar-refractivity contribution in [3.05, 3.63) is 23.8 Å². The Balaban J connectivity index is 1.76. The second-order valence-electron chi connectivity index (χ2n) is 8.60. The number of ether oxygens (including phenoxy) is 2. The molecule has 0 aromatic carbocycles. The van der Waals surface area contributed by atoms with Crippen molar-refractivity contribution in [2.75, 3.05) is 5.75 Å². The molecule has 0 saturated carbocycles. The summed E-state index contributed by atoms with van der Waals surface area (Å²) in [7, 11) is 0. The molecule has 6 nitrogen and oxygen atoms in total. The number of hydrogen-bond donors (Lipinski definition) is 2. The van der Waals surface area contributed by atoms with Crippen LogP contribution < -0.4 is 5.32 Å². The third kappa shape index (κ3) is 6.59. The summed E-state index contributed by atoms with van der Waals surface area (Å²) in [6, 6.07) is -0.496. The second kappa shape index (κ2) is 10.1. The molecule has 0 unspecified atom stereocenters. The maximum atomic E-state index is 12.4. The smallest absolute Gasteiger partial charge is 0.330 e. The van der Waals surface area contributed by atoms with E-state index in [9.17, 15) is 14.7 Å². The van der Waals surface area contributed by atoms with Crippen LogP contribution in [0, 0.1) is 5.92 Å². The Hall–Kier alpha value is -1.31. The standard InChI is InChI=1S/C22H33NO5S/c1-15-7-5-3-4-6-8-16(2)11-20(24)27-18-12-17(10-9-15)28-22(26,13-18)19-14-29-21(25)23-19/h5,7,11,15,17-19,26H,3-4,6,8-10,12-14H2,1-2H3,(H,23,25)/b7-5-,16-11-/t15-,17-,18-,19+,22-/m1/s1. The summed E-state index contributed by atoms with van der Waals surface area (Å²) < 4.78 is 11.8. The van der Waals surface area contributed by atoms with Gasteiger partial charge < -0.3 is 19.9 Å². The van der Waals surface area contributed by atoms with Gasteiger partial charge in [0.15, 0.2) is 5.79 Å². The van der Waals surface area contributed by atoms with Crippen molar-refractivity contribution < 1.29 is 24.2 Å². The minimum atomic E-state index is -1.52. The van der Waals surface area contributed by atoms with Crippen molar-refractivity contribution in [1.29, 1.82) is 0 Å². The van der Waals surface area contributed by atoms with Crippen LogP contribution in [0.25, 0.3) is 0 Å². The van der Waals surface area contributed by atoms with Gasteiger partial charge in [-0.05, 0) is 51.4 Å². The maximum absolute atomic E-state index is 12.4. The van der Waals surface area contributed by atoms with E-state index < -0.39 is 17.9 Å². The fourth-order valence-corrected chi connectivity index (χ4v) is 5.10. The molecule has 0 radical (unpaired) electrons. The topological polar surface area (TPSA) is 84.9 Å². The SMILES string of the molecule is C/C1=C/C(=O)O[C@@H]2C[C@@H](CC[C@H](C)/C=C\CCCC1)O[C@@](O)([C@@H]1CSC(=O)N1)C2. The lowest BCUT2D eigenvalue weighted by molar-refractivity contribution is -0.283. The van der Waals surface area contributed by atoms with Crippen molar-refractivity contribution in [3.63, 3.8) is 0 Å². The van der Waals surface area contributed by atoms with E-state index in [-0.39, 0.29) is 23.7 Å². The van der Waals surface area contributed by atoms with Crippen molar-refractivity contribution >= 4 is 23.0 Å². The van der Waals surface area contributed by atoms with E-state index in [1.807, 2.05) is 6.92 Å². The van der Waals surface area contributed by atoms with Gasteiger partial charge in [0, 0.05) is 24.7 Å². The first kappa shape index (κ1) is 22.4. The zero-order chi connectivity index (χ0) is 20.9. The molecule has 29 heavy (non-hydrogen) atoms. The lowest BCUT2D eigenvalue weighted by atomic mass is 9.90. The number of rotatable bonds is 1. The molecule has 7 heteroatoms. The average Bonchev–Trinajstić information content (AvgIpc) is 3.09. The lowest BCUT2D eigenvalue weighted by Crippen LogP contribution is -2.58. The minimum Gasteiger partial charge on any atom is -0.459 e. The molecule has 0 aromatic heterocycles. The molecular weight excluding hydrogens is 390 g/mol. The number of aliphatic hydroxyl groups is 1. The number of hydrogen-bond acceptors (Lipinski definition) is 6. The second-order valence-corrected chi connectivity index (χ2v) is 9.59. The number of allylic oxidation sites excluding steroid dienone is 3. The molecule has 0 aromatic rings. The van der Waals surface area contributed by atoms with Gasteiger partial charge >= 0.3 is 5.97 Å². The Bertz CT molecular complexity index is 664. The molecule has 0 aliphatic carbocycles. The summed E-state index contributed by atoms with van der Waals surface area (Å²) >= 11 is 1.14. The van der Waals surface area contributed by atoms with Crippen LogP contribution in [-0.2, 0) is 14.3 Å². The van der Waals surface area contributed by atoms with Crippen LogP contribution in [0.4, 0.5) is 4.79 Å². The first-order valence-corrected chi connectivity index (χ1v) is 11.7. The van der Waals surface area contributed by atoms with E-state index in [0.29, 0.717) is 18.1 Å². The van der Waals surface area contributed by atoms with Crippen LogP contribution in [0.2, 0.25) is 0 Å². The first-order valence-electron chi connectivity index (χ1n) is 10.7. The van der Waals surface area contributed by atoms with E-state index in [0.717, 1.165) is 55.9 Å². The molecule has 0 spiro atoms. The Morgan fingerprint density at radius 3 is 2.83 bits per heavy atom. The van der Waals surface area contributed by atoms with Gasteiger partial charge in [-0.25, -0.2) is 4.79 Å². The highest BCUT2D eigenvalue weighted by Gasteiger charge is 2.49. The summed E-state index contributed by atoms with van der Waals surface area (Å²) in [6.45, 7) is 4.14. The number of carbonyl (C=O) groups is 2. The van der Waals surface area contributed by atoms with E-state index in [1.54, 1.807) is 6.08 Å². The largest absolute Gasteiger partial charge is 0.459 e. The summed E-state index contributed by atoms with van der Waals surface area (Å²) in [5, 5.41) is 13.8. The van der Waals surface area contributed by atoms with Gasteiger partial charge in [-0.3, -0.25) is 4.79 Å². The predicted molar refractivity (Wildman–Crippen MR) is 113 cm³/mol. The van der Waals surface area contributed by atoms with Crippen LogP contribution in [0.5, 0.6) is 0 Å². The molecule has 162 valence electrons. The molecule has 2 fully saturated rings. The first-order chi connectivity index (χ1) is 13.8. The Morgan fingerprint density at radius 2 is 2.07 bits per heavy atom. The fraction of sp³-hybridized carbons (Fsp3) is 0.727. The van der Waals surface area contributed by atoms with Crippen LogP contribution in [0.3, 0.4) is 0 Å². The fourth-order valence-electron chi connectivity index (χ4n) is 4.22. The van der Waals surface area contributed by atoms with Gasteiger partial charge in [-0.15, -0.1) is 0 Å². The summed E-state index contributed by atoms with van der Waals surface area (Å²) in [5.74, 6) is -1.01. The van der Waals surface area contributed by atoms with E-state index in [1.165, 1.54) is 0 Å². The predicted octanol–water partition coefficient (Wildman–Crippen LogP) is 4.08. The summed E-state index contributed by atoms with van der Waals surface area (Å²) in [5.41, 5.74) is 1.01. The quantitative estimate of drug-likeness (QED) is 0.488.